The fourth-order valence-electron chi connectivity index (χ4n) is 1.66. The Balaban J connectivity index is 0.00000121. The average Bonchev–Trinajstić information content (AvgIpc) is 2.44. The van der Waals surface area contributed by atoms with E-state index in [1.807, 2.05) is 46.0 Å². The van der Waals surface area contributed by atoms with Gasteiger partial charge in [-0.1, -0.05) is 26.8 Å². The van der Waals surface area contributed by atoms with Crippen molar-refractivity contribution in [3.63, 3.8) is 0 Å². The van der Waals surface area contributed by atoms with E-state index in [0.717, 1.165) is 25.1 Å². The molecule has 0 saturated carbocycles. The van der Waals surface area contributed by atoms with Gasteiger partial charge in [-0.05, 0) is 38.6 Å². The molecule has 0 saturated heterocycles. The van der Waals surface area contributed by atoms with Crippen LogP contribution < -0.4 is 5.32 Å². The molecule has 0 aliphatic heterocycles. The van der Waals surface area contributed by atoms with Gasteiger partial charge in [0.15, 0.2) is 0 Å². The number of aromatic nitrogens is 1. The molecule has 17 heavy (non-hydrogen) atoms. The van der Waals surface area contributed by atoms with Crippen LogP contribution in [-0.2, 0) is 5.41 Å². The molecule has 1 unspecified atom stereocenters. The summed E-state index contributed by atoms with van der Waals surface area (Å²) in [4.78, 5) is 4.30. The summed E-state index contributed by atoms with van der Waals surface area (Å²) >= 11 is 0. The fraction of sp³-hybridized carbons (Fsp3) is 0.571. The van der Waals surface area contributed by atoms with E-state index < -0.39 is 5.41 Å². The third-order valence-electron chi connectivity index (χ3n) is 2.77. The summed E-state index contributed by atoms with van der Waals surface area (Å²) in [7, 11) is 1.90. The van der Waals surface area contributed by atoms with E-state index in [2.05, 4.69) is 16.4 Å². The van der Waals surface area contributed by atoms with E-state index in [1.165, 1.54) is 0 Å². The molecular weight excluding hydrogens is 210 g/mol. The Morgan fingerprint density at radius 3 is 2.53 bits per heavy atom. The molecule has 1 atom stereocenters. The number of nitrogens with zero attached hydrogens (tertiary/aromatic N) is 2. The van der Waals surface area contributed by atoms with Crippen molar-refractivity contribution in [2.24, 2.45) is 0 Å². The SMILES string of the molecule is CC.CCC(C#N)(CCNC)c1ccccn1. The van der Waals surface area contributed by atoms with Gasteiger partial charge in [-0.25, -0.2) is 0 Å². The Hall–Kier alpha value is -1.40. The zero-order valence-electron chi connectivity index (χ0n) is 11.3. The van der Waals surface area contributed by atoms with Crippen LogP contribution in [0.4, 0.5) is 0 Å². The Kier molecular flexibility index (Phi) is 8.00. The van der Waals surface area contributed by atoms with Crippen LogP contribution >= 0.6 is 0 Å². The average molecular weight is 233 g/mol. The number of rotatable bonds is 5. The van der Waals surface area contributed by atoms with Crippen LogP contribution in [0.3, 0.4) is 0 Å². The second kappa shape index (κ2) is 8.72. The van der Waals surface area contributed by atoms with E-state index >= 15 is 0 Å². The molecule has 0 aromatic carbocycles. The third-order valence-corrected chi connectivity index (χ3v) is 2.77. The summed E-state index contributed by atoms with van der Waals surface area (Å²) < 4.78 is 0. The Labute approximate surface area is 105 Å². The van der Waals surface area contributed by atoms with Crippen molar-refractivity contribution >= 4 is 0 Å². The maximum atomic E-state index is 9.34. The van der Waals surface area contributed by atoms with Gasteiger partial charge in [-0.15, -0.1) is 0 Å². The van der Waals surface area contributed by atoms with Crippen molar-refractivity contribution in [1.29, 1.82) is 5.26 Å². The molecule has 0 radical (unpaired) electrons. The van der Waals surface area contributed by atoms with Gasteiger partial charge in [0.05, 0.1) is 11.8 Å². The van der Waals surface area contributed by atoms with Gasteiger partial charge in [0.1, 0.15) is 5.41 Å². The zero-order chi connectivity index (χ0) is 13.1. The number of nitrogens with one attached hydrogen (secondary N) is 1. The van der Waals surface area contributed by atoms with E-state index in [1.54, 1.807) is 6.20 Å². The summed E-state index contributed by atoms with van der Waals surface area (Å²) in [5.74, 6) is 0. The smallest absolute Gasteiger partial charge is 0.100 e. The quantitative estimate of drug-likeness (QED) is 0.850. The lowest BCUT2D eigenvalue weighted by Gasteiger charge is -2.24. The van der Waals surface area contributed by atoms with Crippen LogP contribution in [0.1, 0.15) is 39.3 Å². The predicted molar refractivity (Wildman–Crippen MR) is 71.7 cm³/mol. The minimum Gasteiger partial charge on any atom is -0.320 e. The van der Waals surface area contributed by atoms with Crippen LogP contribution in [0.5, 0.6) is 0 Å². The highest BCUT2D eigenvalue weighted by atomic mass is 14.8. The van der Waals surface area contributed by atoms with Crippen molar-refractivity contribution < 1.29 is 0 Å². The van der Waals surface area contributed by atoms with E-state index in [-0.39, 0.29) is 0 Å². The summed E-state index contributed by atoms with van der Waals surface area (Å²) in [5, 5.41) is 12.4. The van der Waals surface area contributed by atoms with Crippen molar-refractivity contribution in [1.82, 2.24) is 10.3 Å². The minimum absolute atomic E-state index is 0.440. The van der Waals surface area contributed by atoms with Crippen LogP contribution in [0.25, 0.3) is 0 Å². The highest BCUT2D eigenvalue weighted by Gasteiger charge is 2.30. The molecule has 0 aliphatic rings. The Morgan fingerprint density at radius 1 is 1.41 bits per heavy atom. The Bertz CT molecular complexity index is 329. The lowest BCUT2D eigenvalue weighted by molar-refractivity contribution is 0.463. The maximum Gasteiger partial charge on any atom is 0.100 e. The van der Waals surface area contributed by atoms with Crippen molar-refractivity contribution in [2.75, 3.05) is 13.6 Å². The van der Waals surface area contributed by atoms with E-state index in [0.29, 0.717) is 0 Å². The first-order valence-corrected chi connectivity index (χ1v) is 6.26. The number of nitriles is 1. The standard InChI is InChI=1S/C12H17N3.C2H6/c1-3-12(10-13,7-9-14-2)11-6-4-5-8-15-11;1-2/h4-6,8,14H,3,7,9H2,1-2H3;1-2H3. The molecule has 3 nitrogen and oxygen atoms in total. The Morgan fingerprint density at radius 2 is 2.12 bits per heavy atom. The van der Waals surface area contributed by atoms with Crippen LogP contribution in [-0.4, -0.2) is 18.6 Å². The summed E-state index contributed by atoms with van der Waals surface area (Å²) in [5.41, 5.74) is 0.440. The highest BCUT2D eigenvalue weighted by Crippen LogP contribution is 2.28. The van der Waals surface area contributed by atoms with Crippen LogP contribution in [0.2, 0.25) is 0 Å². The van der Waals surface area contributed by atoms with Gasteiger partial charge in [-0.2, -0.15) is 5.26 Å². The molecule has 1 aromatic rings. The first-order valence-electron chi connectivity index (χ1n) is 6.26. The van der Waals surface area contributed by atoms with Gasteiger partial charge in [-0.3, -0.25) is 4.98 Å². The second-order valence-electron chi connectivity index (χ2n) is 3.62. The lowest BCUT2D eigenvalue weighted by atomic mass is 9.80. The van der Waals surface area contributed by atoms with Crippen molar-refractivity contribution in [3.05, 3.63) is 30.1 Å². The maximum absolute atomic E-state index is 9.34. The number of hydrogen-bond donors (Lipinski definition) is 1. The molecule has 1 N–H and O–H groups in total. The molecular formula is C14H23N3. The third kappa shape index (κ3) is 4.16. The second-order valence-corrected chi connectivity index (χ2v) is 3.62. The highest BCUT2D eigenvalue weighted by molar-refractivity contribution is 5.25. The normalized spacial score (nSPS) is 12.9. The molecule has 0 bridgehead atoms. The number of pyridine rings is 1. The minimum atomic E-state index is -0.440. The van der Waals surface area contributed by atoms with Gasteiger partial charge < -0.3 is 5.32 Å². The summed E-state index contributed by atoms with van der Waals surface area (Å²) in [6.07, 6.45) is 3.34. The van der Waals surface area contributed by atoms with Gasteiger partial charge in [0.25, 0.3) is 0 Å². The molecule has 3 heteroatoms. The zero-order valence-corrected chi connectivity index (χ0v) is 11.3. The first kappa shape index (κ1) is 15.6. The molecule has 1 rings (SSSR count). The summed E-state index contributed by atoms with van der Waals surface area (Å²) in [6.45, 7) is 6.87. The van der Waals surface area contributed by atoms with Gasteiger partial charge in [0.2, 0.25) is 0 Å². The van der Waals surface area contributed by atoms with Crippen molar-refractivity contribution in [3.8, 4) is 6.07 Å². The molecule has 94 valence electrons. The van der Waals surface area contributed by atoms with E-state index in [9.17, 15) is 5.26 Å². The fourth-order valence-corrected chi connectivity index (χ4v) is 1.66. The van der Waals surface area contributed by atoms with Crippen LogP contribution in [0.15, 0.2) is 24.4 Å². The largest absolute Gasteiger partial charge is 0.320 e. The predicted octanol–water partition coefficient (Wildman–Crippen LogP) is 2.89. The monoisotopic (exact) mass is 233 g/mol. The van der Waals surface area contributed by atoms with Gasteiger partial charge in [0, 0.05) is 6.20 Å². The first-order chi connectivity index (χ1) is 8.29. The number of hydrogen-bond acceptors (Lipinski definition) is 3. The summed E-state index contributed by atoms with van der Waals surface area (Å²) in [6, 6.07) is 8.16. The van der Waals surface area contributed by atoms with E-state index in [4.69, 9.17) is 0 Å². The topological polar surface area (TPSA) is 48.7 Å². The molecule has 0 spiro atoms. The molecule has 0 fully saturated rings. The molecule has 1 aromatic heterocycles. The van der Waals surface area contributed by atoms with Crippen LogP contribution in [0, 0.1) is 11.3 Å². The van der Waals surface area contributed by atoms with Gasteiger partial charge >= 0.3 is 0 Å². The molecule has 0 amide bonds. The van der Waals surface area contributed by atoms with Crippen molar-refractivity contribution in [2.45, 2.75) is 39.0 Å². The molecule has 1 heterocycles. The molecule has 0 aliphatic carbocycles. The lowest BCUT2D eigenvalue weighted by Crippen LogP contribution is -2.28.